The number of aliphatic hydroxyl groups is 1. The van der Waals surface area contributed by atoms with E-state index >= 15 is 0 Å². The molecule has 1 fully saturated rings. The number of rotatable bonds is 10. The number of hydrogen-bond acceptors (Lipinski definition) is 7. The maximum absolute atomic E-state index is 11.6. The predicted octanol–water partition coefficient (Wildman–Crippen LogP) is 3.46. The van der Waals surface area contributed by atoms with Crippen LogP contribution in [0.1, 0.15) is 80.1 Å². The Kier molecular flexibility index (Phi) is 7.90. The molecule has 0 saturated carbocycles. The third kappa shape index (κ3) is 5.97. The zero-order valence-corrected chi connectivity index (χ0v) is 18.7. The van der Waals surface area contributed by atoms with Crippen molar-refractivity contribution in [3.63, 3.8) is 0 Å². The summed E-state index contributed by atoms with van der Waals surface area (Å²) >= 11 is 0. The molecule has 1 aromatic heterocycles. The molecule has 8 nitrogen and oxygen atoms in total. The van der Waals surface area contributed by atoms with Crippen LogP contribution in [0.2, 0.25) is 0 Å². The summed E-state index contributed by atoms with van der Waals surface area (Å²) in [7, 11) is 0. The van der Waals surface area contributed by atoms with Crippen LogP contribution in [0.25, 0.3) is 0 Å². The van der Waals surface area contributed by atoms with Crippen LogP contribution in [0, 0.1) is 5.92 Å². The summed E-state index contributed by atoms with van der Waals surface area (Å²) in [4.78, 5) is 18.3. The van der Waals surface area contributed by atoms with Gasteiger partial charge in [0.15, 0.2) is 0 Å². The number of primary amides is 1. The lowest BCUT2D eigenvalue weighted by Crippen LogP contribution is -2.34. The highest BCUT2D eigenvalue weighted by Crippen LogP contribution is 2.27. The summed E-state index contributed by atoms with van der Waals surface area (Å²) in [5.74, 6) is 2.34. The molecular formula is C23H34N4O4. The molecule has 0 spiro atoms. The lowest BCUT2D eigenvalue weighted by atomic mass is 9.92. The molecule has 1 aliphatic rings. The van der Waals surface area contributed by atoms with Gasteiger partial charge < -0.3 is 25.0 Å². The van der Waals surface area contributed by atoms with Gasteiger partial charge in [0, 0.05) is 37.1 Å². The number of aromatic nitrogens is 2. The first-order chi connectivity index (χ1) is 14.9. The van der Waals surface area contributed by atoms with E-state index in [0.29, 0.717) is 35.7 Å². The van der Waals surface area contributed by atoms with Crippen LogP contribution in [-0.2, 0) is 0 Å². The second-order valence-electron chi connectivity index (χ2n) is 8.71. The maximum atomic E-state index is 11.6. The second-order valence-corrected chi connectivity index (χ2v) is 8.71. The van der Waals surface area contributed by atoms with Crippen LogP contribution < -0.4 is 15.4 Å². The van der Waals surface area contributed by atoms with Crippen molar-refractivity contribution >= 4 is 11.9 Å². The minimum Gasteiger partial charge on any atom is -0.494 e. The fourth-order valence-electron chi connectivity index (χ4n) is 3.93. The monoisotopic (exact) mass is 430 g/mol. The van der Waals surface area contributed by atoms with Crippen LogP contribution in [0.4, 0.5) is 5.95 Å². The molecular weight excluding hydrogens is 396 g/mol. The summed E-state index contributed by atoms with van der Waals surface area (Å²) < 4.78 is 11.2. The van der Waals surface area contributed by atoms with Crippen molar-refractivity contribution in [1.29, 1.82) is 0 Å². The highest BCUT2D eigenvalue weighted by atomic mass is 16.5. The van der Waals surface area contributed by atoms with Crippen molar-refractivity contribution in [1.82, 2.24) is 10.1 Å². The number of aliphatic hydroxyl groups excluding tert-OH is 1. The van der Waals surface area contributed by atoms with E-state index in [-0.39, 0.29) is 18.4 Å². The zero-order chi connectivity index (χ0) is 22.4. The van der Waals surface area contributed by atoms with Crippen LogP contribution in [0.3, 0.4) is 0 Å². The number of carbonyl (C=O) groups excluding carboxylic acids is 1. The third-order valence-electron chi connectivity index (χ3n) is 5.94. The number of carbonyl (C=O) groups is 1. The van der Waals surface area contributed by atoms with Crippen molar-refractivity contribution in [2.75, 3.05) is 31.2 Å². The van der Waals surface area contributed by atoms with E-state index in [0.717, 1.165) is 44.3 Å². The van der Waals surface area contributed by atoms with E-state index in [1.54, 1.807) is 12.1 Å². The molecule has 1 atom stereocenters. The molecule has 0 bridgehead atoms. The van der Waals surface area contributed by atoms with Crippen molar-refractivity contribution in [3.8, 4) is 5.75 Å². The highest BCUT2D eigenvalue weighted by Gasteiger charge is 2.23. The first-order valence-corrected chi connectivity index (χ1v) is 11.1. The Hall–Kier alpha value is -2.61. The van der Waals surface area contributed by atoms with E-state index in [1.807, 2.05) is 26.8 Å². The zero-order valence-electron chi connectivity index (χ0n) is 18.7. The van der Waals surface area contributed by atoms with Gasteiger partial charge in [0.05, 0.1) is 6.61 Å². The number of ether oxygens (including phenoxy) is 1. The molecule has 31 heavy (non-hydrogen) atoms. The number of nitrogens with zero attached hydrogens (tertiary/aromatic N) is 3. The molecule has 2 heterocycles. The molecule has 1 aromatic carbocycles. The Morgan fingerprint density at radius 1 is 1.32 bits per heavy atom. The Morgan fingerprint density at radius 2 is 2.06 bits per heavy atom. The molecule has 8 heteroatoms. The molecule has 0 radical (unpaired) electrons. The molecule has 1 amide bonds. The minimum absolute atomic E-state index is 0.0505. The number of hydrogen-bond donors (Lipinski definition) is 2. The Bertz CT molecular complexity index is 859. The highest BCUT2D eigenvalue weighted by molar-refractivity contribution is 5.94. The Labute approximate surface area is 183 Å². The van der Waals surface area contributed by atoms with Gasteiger partial charge in [-0.05, 0) is 60.5 Å². The van der Waals surface area contributed by atoms with Crippen molar-refractivity contribution in [2.24, 2.45) is 11.7 Å². The van der Waals surface area contributed by atoms with Crippen molar-refractivity contribution in [3.05, 3.63) is 35.2 Å². The molecule has 1 aliphatic heterocycles. The molecule has 3 rings (SSSR count). The first-order valence-electron chi connectivity index (χ1n) is 11.1. The fraction of sp³-hybridized carbons (Fsp3) is 0.609. The number of nitrogens with two attached hydrogens (primary N) is 1. The standard InChI is InChI=1S/C23H34N4O4/c1-15(2)22-25-23(26-31-22)27-10-8-17(9-11-27)5-4-12-30-18-6-7-19(21(24)29)20(13-18)16(3)14-28/h6-7,13,15-17,28H,4-5,8-12,14H2,1-3H3,(H2,24,29)/t16-/m0/s1. The van der Waals surface area contributed by atoms with Gasteiger partial charge in [-0.25, -0.2) is 0 Å². The fourth-order valence-corrected chi connectivity index (χ4v) is 3.93. The van der Waals surface area contributed by atoms with Gasteiger partial charge >= 0.3 is 0 Å². The second kappa shape index (κ2) is 10.6. The van der Waals surface area contributed by atoms with E-state index < -0.39 is 5.91 Å². The van der Waals surface area contributed by atoms with Gasteiger partial charge in [0.1, 0.15) is 5.75 Å². The number of anilines is 1. The van der Waals surface area contributed by atoms with Crippen LogP contribution >= 0.6 is 0 Å². The SMILES string of the molecule is CC(C)c1nc(N2CCC(CCCOc3ccc(C(N)=O)c([C@@H](C)CO)c3)CC2)no1. The summed E-state index contributed by atoms with van der Waals surface area (Å²) in [6.45, 7) is 8.41. The van der Waals surface area contributed by atoms with Crippen molar-refractivity contribution < 1.29 is 19.2 Å². The maximum Gasteiger partial charge on any atom is 0.266 e. The lowest BCUT2D eigenvalue weighted by molar-refractivity contribution is 0.0998. The number of amides is 1. The summed E-state index contributed by atoms with van der Waals surface area (Å²) in [6, 6.07) is 5.26. The van der Waals surface area contributed by atoms with Crippen LogP contribution in [0.15, 0.2) is 22.7 Å². The van der Waals surface area contributed by atoms with E-state index in [9.17, 15) is 9.90 Å². The Morgan fingerprint density at radius 3 is 2.68 bits per heavy atom. The van der Waals surface area contributed by atoms with Gasteiger partial charge in [-0.2, -0.15) is 4.98 Å². The van der Waals surface area contributed by atoms with E-state index in [2.05, 4.69) is 15.0 Å². The molecule has 170 valence electrons. The van der Waals surface area contributed by atoms with E-state index in [4.69, 9.17) is 15.0 Å². The molecule has 1 saturated heterocycles. The number of benzene rings is 1. The molecule has 0 aliphatic carbocycles. The minimum atomic E-state index is -0.491. The van der Waals surface area contributed by atoms with Gasteiger partial charge in [-0.1, -0.05) is 20.8 Å². The third-order valence-corrected chi connectivity index (χ3v) is 5.94. The van der Waals surface area contributed by atoms with Gasteiger partial charge in [0.25, 0.3) is 5.95 Å². The van der Waals surface area contributed by atoms with Gasteiger partial charge in [0.2, 0.25) is 11.8 Å². The topological polar surface area (TPSA) is 115 Å². The van der Waals surface area contributed by atoms with Gasteiger partial charge in [-0.3, -0.25) is 4.79 Å². The summed E-state index contributed by atoms with van der Waals surface area (Å²) in [5.41, 5.74) is 6.60. The van der Waals surface area contributed by atoms with Crippen LogP contribution in [0.5, 0.6) is 5.75 Å². The molecule has 2 aromatic rings. The average molecular weight is 431 g/mol. The van der Waals surface area contributed by atoms with Gasteiger partial charge in [-0.15, -0.1) is 0 Å². The van der Waals surface area contributed by atoms with Crippen LogP contribution in [-0.4, -0.2) is 47.5 Å². The number of piperidine rings is 1. The van der Waals surface area contributed by atoms with E-state index in [1.165, 1.54) is 0 Å². The summed E-state index contributed by atoms with van der Waals surface area (Å²) in [5, 5.41) is 13.6. The smallest absolute Gasteiger partial charge is 0.266 e. The quantitative estimate of drug-likeness (QED) is 0.555. The molecule has 0 unspecified atom stereocenters. The Balaban J connectivity index is 1.43. The largest absolute Gasteiger partial charge is 0.494 e. The first kappa shape index (κ1) is 23.1. The molecule has 3 N–H and O–H groups in total. The lowest BCUT2D eigenvalue weighted by Gasteiger charge is -2.30. The normalized spacial score (nSPS) is 16.0. The summed E-state index contributed by atoms with van der Waals surface area (Å²) in [6.07, 6.45) is 4.29. The average Bonchev–Trinajstić information content (AvgIpc) is 3.27. The predicted molar refractivity (Wildman–Crippen MR) is 119 cm³/mol. The van der Waals surface area contributed by atoms with Crippen molar-refractivity contribution in [2.45, 2.75) is 58.3 Å².